The zero-order chi connectivity index (χ0) is 48.3. The van der Waals surface area contributed by atoms with Gasteiger partial charge < -0.3 is 0 Å². The molecule has 0 saturated heterocycles. The maximum atomic E-state index is 5.78. The lowest BCUT2D eigenvalue weighted by Crippen LogP contribution is -2.25. The molecular weight excluding hydrogens is 897 g/mol. The minimum Gasteiger partial charge on any atom is -0.243 e. The normalized spacial score (nSPS) is 12.6. The van der Waals surface area contributed by atoms with Crippen molar-refractivity contribution in [1.82, 2.24) is 9.97 Å². The van der Waals surface area contributed by atoms with Crippen molar-refractivity contribution in [1.29, 1.82) is 0 Å². The maximum Gasteiger partial charge on any atom is 0.0988 e. The molecule has 0 saturated carbocycles. The number of nitrogens with zero attached hydrogens (tertiary/aromatic N) is 2. The van der Waals surface area contributed by atoms with Crippen LogP contribution in [0.4, 0.5) is 0 Å². The van der Waals surface area contributed by atoms with Crippen molar-refractivity contribution in [3.8, 4) is 87.2 Å². The third kappa shape index (κ3) is 9.25. The number of hydrogen-bond donors (Lipinski definition) is 0. The van der Waals surface area contributed by atoms with Crippen molar-refractivity contribution >= 4 is 33.7 Å². The van der Waals surface area contributed by atoms with Gasteiger partial charge in [-0.25, -0.2) is 9.97 Å². The molecule has 0 fully saturated rings. The Hall–Kier alpha value is -6.72. The third-order valence-corrected chi connectivity index (χ3v) is 17.1. The maximum absolute atomic E-state index is 5.78. The van der Waals surface area contributed by atoms with Crippen molar-refractivity contribution in [2.75, 3.05) is 0 Å². The molecule has 7 aromatic carbocycles. The zero-order valence-corrected chi connectivity index (χ0v) is 43.2. The van der Waals surface area contributed by atoms with Crippen LogP contribution < -0.4 is 0 Å². The Bertz CT molecular complexity index is 3440. The van der Waals surface area contributed by atoms with Gasteiger partial charge in [-0.2, -0.15) is 0 Å². The van der Waals surface area contributed by atoms with Gasteiger partial charge in [0.05, 0.1) is 22.4 Å². The summed E-state index contributed by atoms with van der Waals surface area (Å²) < 4.78 is 0. The molecule has 0 radical (unpaired) electrons. The molecule has 0 spiro atoms. The van der Waals surface area contributed by atoms with Crippen LogP contribution in [-0.2, 0) is 5.41 Å². The van der Waals surface area contributed by atoms with Gasteiger partial charge in [0.15, 0.2) is 0 Å². The first kappa shape index (κ1) is 46.7. The molecule has 3 heterocycles. The first-order valence-corrected chi connectivity index (χ1v) is 27.6. The topological polar surface area (TPSA) is 25.8 Å². The molecule has 0 bridgehead atoms. The SMILES string of the molecule is CCCCCCC1(CCCCCC)c2cc(C)ccc2-c2ccc(-c3ccc(-c4ccc(-c5ccc(C)s5)c5nc(-c6ccc(-c7ccccc7)cc6)c(-c6ccc(-c7ccccc7)cc6)nc45)s3)cc21. The van der Waals surface area contributed by atoms with Crippen molar-refractivity contribution in [2.45, 2.75) is 97.3 Å². The number of unbranched alkanes of at least 4 members (excludes halogenated alkanes) is 6. The van der Waals surface area contributed by atoms with E-state index >= 15 is 0 Å². The van der Waals surface area contributed by atoms with E-state index in [2.05, 4.69) is 210 Å². The van der Waals surface area contributed by atoms with E-state index < -0.39 is 0 Å². The average molecular weight is 959 g/mol. The highest BCUT2D eigenvalue weighted by molar-refractivity contribution is 7.19. The molecule has 0 amide bonds. The van der Waals surface area contributed by atoms with Gasteiger partial charge in [-0.3, -0.25) is 0 Å². The zero-order valence-electron chi connectivity index (χ0n) is 41.6. The Balaban J connectivity index is 1.05. The second kappa shape index (κ2) is 20.6. The molecule has 0 atom stereocenters. The van der Waals surface area contributed by atoms with E-state index in [-0.39, 0.29) is 5.41 Å². The number of hydrogen-bond acceptors (Lipinski definition) is 4. The number of benzene rings is 7. The highest BCUT2D eigenvalue weighted by atomic mass is 32.1. The van der Waals surface area contributed by atoms with Crippen molar-refractivity contribution in [3.05, 3.63) is 204 Å². The van der Waals surface area contributed by atoms with Crippen LogP contribution in [0.15, 0.2) is 182 Å². The number of aryl methyl sites for hydroxylation is 2. The number of rotatable bonds is 17. The summed E-state index contributed by atoms with van der Waals surface area (Å²) in [6.45, 7) is 9.11. The van der Waals surface area contributed by atoms with E-state index in [1.165, 1.54) is 134 Å². The fourth-order valence-corrected chi connectivity index (χ4v) is 13.1. The lowest BCUT2D eigenvalue weighted by molar-refractivity contribution is 0.401. The van der Waals surface area contributed by atoms with Gasteiger partial charge in [-0.1, -0.05) is 222 Å². The quantitative estimate of drug-likeness (QED) is 0.0850. The molecule has 2 nitrogen and oxygen atoms in total. The van der Waals surface area contributed by atoms with E-state index in [1.807, 2.05) is 22.7 Å². The Labute approximate surface area is 429 Å². The van der Waals surface area contributed by atoms with Crippen LogP contribution in [0.2, 0.25) is 0 Å². The molecule has 10 aromatic rings. The Morgan fingerprint density at radius 2 is 0.803 bits per heavy atom. The average Bonchev–Trinajstić information content (AvgIpc) is 4.16. The lowest BCUT2D eigenvalue weighted by atomic mass is 9.70. The smallest absolute Gasteiger partial charge is 0.0988 e. The molecule has 11 rings (SSSR count). The molecule has 352 valence electrons. The fraction of sp³-hybridized carbons (Fsp3) is 0.224. The van der Waals surface area contributed by atoms with Gasteiger partial charge in [0.1, 0.15) is 0 Å². The van der Waals surface area contributed by atoms with Gasteiger partial charge >= 0.3 is 0 Å². The standard InChI is InChI=1S/C67H62N2S2/c1-5-7-9-17-41-67(42-18-10-8-6-2)58-43-45(3)23-34-54(58)55-35-33-53(44-59(55)67)60-39-40-62(71-60)57-37-36-56(61-38-24-46(4)70-61)65-66(57)69-64(52-31-27-50(28-32-52)48-21-15-12-16-22-48)63(68-65)51-29-25-49(26-30-51)47-19-13-11-14-20-47/h11-16,19-40,43-44H,5-10,17-18,41-42H2,1-4H3. The van der Waals surface area contributed by atoms with Crippen LogP contribution in [0.25, 0.3) is 98.3 Å². The molecule has 1 aliphatic carbocycles. The highest BCUT2D eigenvalue weighted by Gasteiger charge is 2.42. The van der Waals surface area contributed by atoms with E-state index in [9.17, 15) is 0 Å². The summed E-state index contributed by atoms with van der Waals surface area (Å²) in [6.07, 6.45) is 12.6. The predicted octanol–water partition coefficient (Wildman–Crippen LogP) is 20.2. The minimum absolute atomic E-state index is 0.0330. The van der Waals surface area contributed by atoms with Crippen LogP contribution in [0.5, 0.6) is 0 Å². The summed E-state index contributed by atoms with van der Waals surface area (Å²) in [6, 6.07) is 67.3. The number of aromatic nitrogens is 2. The molecule has 0 N–H and O–H groups in total. The van der Waals surface area contributed by atoms with Crippen LogP contribution in [0.3, 0.4) is 0 Å². The first-order chi connectivity index (χ1) is 34.9. The van der Waals surface area contributed by atoms with E-state index in [0.717, 1.165) is 44.7 Å². The van der Waals surface area contributed by atoms with Crippen LogP contribution >= 0.6 is 22.7 Å². The first-order valence-electron chi connectivity index (χ1n) is 26.0. The van der Waals surface area contributed by atoms with Gasteiger partial charge in [0, 0.05) is 47.2 Å². The van der Waals surface area contributed by atoms with E-state index in [0.29, 0.717) is 0 Å². The van der Waals surface area contributed by atoms with Crippen molar-refractivity contribution < 1.29 is 0 Å². The molecule has 1 aliphatic rings. The summed E-state index contributed by atoms with van der Waals surface area (Å²) in [5.41, 5.74) is 21.3. The summed E-state index contributed by atoms with van der Waals surface area (Å²) in [7, 11) is 0. The molecule has 0 aliphatic heterocycles. The van der Waals surface area contributed by atoms with Crippen molar-refractivity contribution in [3.63, 3.8) is 0 Å². The van der Waals surface area contributed by atoms with Crippen LogP contribution in [0, 0.1) is 13.8 Å². The van der Waals surface area contributed by atoms with Gasteiger partial charge in [0.25, 0.3) is 0 Å². The predicted molar refractivity (Wildman–Crippen MR) is 307 cm³/mol. The number of thiophene rings is 2. The van der Waals surface area contributed by atoms with Gasteiger partial charge in [0.2, 0.25) is 0 Å². The lowest BCUT2D eigenvalue weighted by Gasteiger charge is -2.33. The Kier molecular flexibility index (Phi) is 13.5. The second-order valence-corrected chi connectivity index (χ2v) is 22.1. The summed E-state index contributed by atoms with van der Waals surface area (Å²) in [5.74, 6) is 0. The van der Waals surface area contributed by atoms with E-state index in [4.69, 9.17) is 9.97 Å². The molecule has 71 heavy (non-hydrogen) atoms. The minimum atomic E-state index is 0.0330. The van der Waals surface area contributed by atoms with Gasteiger partial charge in [-0.15, -0.1) is 22.7 Å². The number of fused-ring (bicyclic) bond motifs is 4. The third-order valence-electron chi connectivity index (χ3n) is 14.9. The summed E-state index contributed by atoms with van der Waals surface area (Å²) in [4.78, 5) is 16.5. The van der Waals surface area contributed by atoms with Crippen LogP contribution in [-0.4, -0.2) is 9.97 Å². The summed E-state index contributed by atoms with van der Waals surface area (Å²) in [5, 5.41) is 0. The molecule has 3 aromatic heterocycles. The highest BCUT2D eigenvalue weighted by Crippen LogP contribution is 2.56. The van der Waals surface area contributed by atoms with Crippen molar-refractivity contribution in [2.24, 2.45) is 0 Å². The molecule has 4 heteroatoms. The Morgan fingerprint density at radius 3 is 1.32 bits per heavy atom. The van der Waals surface area contributed by atoms with Gasteiger partial charge in [-0.05, 0) is 107 Å². The molecule has 0 unspecified atom stereocenters. The second-order valence-electron chi connectivity index (χ2n) is 19.8. The largest absolute Gasteiger partial charge is 0.243 e. The summed E-state index contributed by atoms with van der Waals surface area (Å²) >= 11 is 3.69. The Morgan fingerprint density at radius 1 is 0.366 bits per heavy atom. The molecular formula is C67H62N2S2. The van der Waals surface area contributed by atoms with Crippen LogP contribution in [0.1, 0.15) is 99.6 Å². The van der Waals surface area contributed by atoms with E-state index in [1.54, 1.807) is 5.56 Å². The fourth-order valence-electron chi connectivity index (χ4n) is 11.2. The monoisotopic (exact) mass is 958 g/mol.